The molecule has 82 valence electrons. The van der Waals surface area contributed by atoms with E-state index in [1.54, 1.807) is 18.2 Å². The first-order valence-electron chi connectivity index (χ1n) is 4.56. The maximum absolute atomic E-state index is 6.04. The van der Waals surface area contributed by atoms with Crippen LogP contribution in [0.4, 0.5) is 0 Å². The molecule has 0 radical (unpaired) electrons. The summed E-state index contributed by atoms with van der Waals surface area (Å²) in [6.45, 7) is 4.39. The van der Waals surface area contributed by atoms with E-state index in [2.05, 4.69) is 6.58 Å². The van der Waals surface area contributed by atoms with Crippen LogP contribution in [0.25, 0.3) is 0 Å². The van der Waals surface area contributed by atoms with Crippen molar-refractivity contribution in [1.29, 1.82) is 0 Å². The summed E-state index contributed by atoms with van der Waals surface area (Å²) >= 11 is 11.8. The summed E-state index contributed by atoms with van der Waals surface area (Å²) in [5.41, 5.74) is 6.45. The minimum atomic E-state index is -0.215. The molecule has 15 heavy (non-hydrogen) atoms. The Morgan fingerprint density at radius 3 is 2.73 bits per heavy atom. The van der Waals surface area contributed by atoms with E-state index in [1.165, 1.54) is 0 Å². The van der Waals surface area contributed by atoms with Crippen molar-refractivity contribution < 1.29 is 4.74 Å². The Balaban J connectivity index is 2.86. The Bertz CT molecular complexity index is 341. The Labute approximate surface area is 99.6 Å². The molecule has 0 amide bonds. The number of hydrogen-bond donors (Lipinski definition) is 1. The standard InChI is InChI=1S/C11H13Cl2NO/c1-2-5-15-11(7-14)9-4-3-8(12)6-10(9)13/h2-4,6,11H,1,5,7,14H2/t11-/m0/s1. The van der Waals surface area contributed by atoms with Crippen molar-refractivity contribution in [2.24, 2.45) is 5.73 Å². The van der Waals surface area contributed by atoms with Gasteiger partial charge in [0.05, 0.1) is 12.7 Å². The van der Waals surface area contributed by atoms with Gasteiger partial charge >= 0.3 is 0 Å². The van der Waals surface area contributed by atoms with E-state index in [1.807, 2.05) is 6.07 Å². The van der Waals surface area contributed by atoms with Gasteiger partial charge < -0.3 is 10.5 Å². The van der Waals surface area contributed by atoms with Gasteiger partial charge in [-0.05, 0) is 12.1 Å². The third kappa shape index (κ3) is 3.50. The van der Waals surface area contributed by atoms with Crippen molar-refractivity contribution in [2.75, 3.05) is 13.2 Å². The van der Waals surface area contributed by atoms with E-state index in [-0.39, 0.29) is 6.10 Å². The van der Waals surface area contributed by atoms with Crippen LogP contribution in [0.2, 0.25) is 10.0 Å². The van der Waals surface area contributed by atoms with Crippen molar-refractivity contribution in [3.05, 3.63) is 46.5 Å². The molecule has 1 aromatic carbocycles. The van der Waals surface area contributed by atoms with Crippen LogP contribution in [-0.2, 0) is 4.74 Å². The Hall–Kier alpha value is -0.540. The minimum absolute atomic E-state index is 0.215. The number of halogens is 2. The third-order valence-electron chi connectivity index (χ3n) is 1.94. The Morgan fingerprint density at radius 2 is 2.20 bits per heavy atom. The predicted molar refractivity (Wildman–Crippen MR) is 64.4 cm³/mol. The number of rotatable bonds is 5. The zero-order chi connectivity index (χ0) is 11.3. The molecule has 0 aliphatic rings. The summed E-state index contributed by atoms with van der Waals surface area (Å²) in [4.78, 5) is 0. The second-order valence-corrected chi connectivity index (χ2v) is 3.86. The second kappa shape index (κ2) is 6.13. The van der Waals surface area contributed by atoms with Crippen LogP contribution in [0.5, 0.6) is 0 Å². The average Bonchev–Trinajstić information content (AvgIpc) is 2.21. The molecule has 0 aromatic heterocycles. The lowest BCUT2D eigenvalue weighted by Crippen LogP contribution is -2.16. The van der Waals surface area contributed by atoms with Crippen molar-refractivity contribution in [1.82, 2.24) is 0 Å². The molecule has 2 N–H and O–H groups in total. The van der Waals surface area contributed by atoms with Crippen LogP contribution >= 0.6 is 23.2 Å². The lowest BCUT2D eigenvalue weighted by atomic mass is 10.1. The van der Waals surface area contributed by atoms with E-state index >= 15 is 0 Å². The molecule has 0 unspecified atom stereocenters. The van der Waals surface area contributed by atoms with Gasteiger partial charge in [-0.3, -0.25) is 0 Å². The van der Waals surface area contributed by atoms with E-state index in [4.69, 9.17) is 33.7 Å². The summed E-state index contributed by atoms with van der Waals surface area (Å²) in [5.74, 6) is 0. The number of hydrogen-bond acceptors (Lipinski definition) is 2. The first-order chi connectivity index (χ1) is 7.19. The smallest absolute Gasteiger partial charge is 0.0965 e. The highest BCUT2D eigenvalue weighted by atomic mass is 35.5. The summed E-state index contributed by atoms with van der Waals surface area (Å²) in [7, 11) is 0. The minimum Gasteiger partial charge on any atom is -0.368 e. The van der Waals surface area contributed by atoms with Gasteiger partial charge in [-0.25, -0.2) is 0 Å². The molecule has 1 aromatic rings. The maximum atomic E-state index is 6.04. The molecule has 1 atom stereocenters. The van der Waals surface area contributed by atoms with Gasteiger partial charge in [0, 0.05) is 22.2 Å². The van der Waals surface area contributed by atoms with Crippen LogP contribution in [0.3, 0.4) is 0 Å². The van der Waals surface area contributed by atoms with Crippen molar-refractivity contribution >= 4 is 23.2 Å². The van der Waals surface area contributed by atoms with Crippen LogP contribution < -0.4 is 5.73 Å². The van der Waals surface area contributed by atoms with Gasteiger partial charge in [0.25, 0.3) is 0 Å². The first-order valence-corrected chi connectivity index (χ1v) is 5.32. The highest BCUT2D eigenvalue weighted by Gasteiger charge is 2.13. The van der Waals surface area contributed by atoms with Gasteiger partial charge in [-0.2, -0.15) is 0 Å². The van der Waals surface area contributed by atoms with Crippen LogP contribution in [-0.4, -0.2) is 13.2 Å². The molecule has 4 heteroatoms. The molecule has 1 rings (SSSR count). The molecule has 0 aliphatic heterocycles. The first kappa shape index (κ1) is 12.5. The fraction of sp³-hybridized carbons (Fsp3) is 0.273. The van der Waals surface area contributed by atoms with E-state index in [9.17, 15) is 0 Å². The zero-order valence-electron chi connectivity index (χ0n) is 8.25. The third-order valence-corrected chi connectivity index (χ3v) is 2.50. The Kier molecular flexibility index (Phi) is 5.12. The maximum Gasteiger partial charge on any atom is 0.0965 e. The van der Waals surface area contributed by atoms with Gasteiger partial charge in [0.15, 0.2) is 0 Å². The van der Waals surface area contributed by atoms with E-state index < -0.39 is 0 Å². The van der Waals surface area contributed by atoms with Gasteiger partial charge in [-0.15, -0.1) is 6.58 Å². The molecule has 0 bridgehead atoms. The fourth-order valence-electron chi connectivity index (χ4n) is 1.23. The number of ether oxygens (including phenoxy) is 1. The molecule has 0 saturated heterocycles. The normalized spacial score (nSPS) is 12.5. The molecule has 0 heterocycles. The molecule has 0 aliphatic carbocycles. The van der Waals surface area contributed by atoms with Crippen LogP contribution in [0.15, 0.2) is 30.9 Å². The van der Waals surface area contributed by atoms with Gasteiger partial charge in [0.2, 0.25) is 0 Å². The van der Waals surface area contributed by atoms with E-state index in [0.29, 0.717) is 23.2 Å². The highest BCUT2D eigenvalue weighted by molar-refractivity contribution is 6.35. The summed E-state index contributed by atoms with van der Waals surface area (Å²) in [5, 5.41) is 1.17. The van der Waals surface area contributed by atoms with Gasteiger partial charge in [0.1, 0.15) is 0 Å². The van der Waals surface area contributed by atoms with E-state index in [0.717, 1.165) is 5.56 Å². The monoisotopic (exact) mass is 245 g/mol. The topological polar surface area (TPSA) is 35.2 Å². The second-order valence-electron chi connectivity index (χ2n) is 3.01. The lowest BCUT2D eigenvalue weighted by molar-refractivity contribution is 0.0809. The number of benzene rings is 1. The zero-order valence-corrected chi connectivity index (χ0v) is 9.76. The SMILES string of the molecule is C=CCO[C@@H](CN)c1ccc(Cl)cc1Cl. The molecule has 0 saturated carbocycles. The summed E-state index contributed by atoms with van der Waals surface area (Å²) in [6, 6.07) is 5.27. The molecular formula is C11H13Cl2NO. The lowest BCUT2D eigenvalue weighted by Gasteiger charge is -2.16. The summed E-state index contributed by atoms with van der Waals surface area (Å²) < 4.78 is 5.48. The van der Waals surface area contributed by atoms with Crippen LogP contribution in [0, 0.1) is 0 Å². The van der Waals surface area contributed by atoms with Gasteiger partial charge in [-0.1, -0.05) is 35.3 Å². The predicted octanol–water partition coefficient (Wildman–Crippen LogP) is 3.20. The van der Waals surface area contributed by atoms with Crippen molar-refractivity contribution in [2.45, 2.75) is 6.10 Å². The average molecular weight is 246 g/mol. The molecular weight excluding hydrogens is 233 g/mol. The molecule has 2 nitrogen and oxygen atoms in total. The van der Waals surface area contributed by atoms with Crippen LogP contribution in [0.1, 0.15) is 11.7 Å². The van der Waals surface area contributed by atoms with Crippen molar-refractivity contribution in [3.8, 4) is 0 Å². The quantitative estimate of drug-likeness (QED) is 0.809. The summed E-state index contributed by atoms with van der Waals surface area (Å²) in [6.07, 6.45) is 1.46. The largest absolute Gasteiger partial charge is 0.368 e. The number of nitrogens with two attached hydrogens (primary N) is 1. The molecule has 0 fully saturated rings. The fourth-order valence-corrected chi connectivity index (χ4v) is 1.76. The molecule has 0 spiro atoms. The highest BCUT2D eigenvalue weighted by Crippen LogP contribution is 2.27. The van der Waals surface area contributed by atoms with Crippen molar-refractivity contribution in [3.63, 3.8) is 0 Å². The Morgan fingerprint density at radius 1 is 1.47 bits per heavy atom.